The Bertz CT molecular complexity index is 369. The fraction of sp³-hybridized carbons (Fsp3) is 0.722. The van der Waals surface area contributed by atoms with Crippen LogP contribution in [-0.2, 0) is 4.79 Å². The summed E-state index contributed by atoms with van der Waals surface area (Å²) in [4.78, 5) is 14.4. The molecule has 1 fully saturated rings. The minimum atomic E-state index is -0.0864. The molecule has 2 heteroatoms. The minimum absolute atomic E-state index is 0.0864. The topological polar surface area (TPSA) is 20.3 Å². The molecule has 0 saturated heterocycles. The molecular formula is C18H31NO. The van der Waals surface area contributed by atoms with Crippen molar-refractivity contribution in [1.82, 2.24) is 4.90 Å². The average molecular weight is 277 g/mol. The summed E-state index contributed by atoms with van der Waals surface area (Å²) in [5, 5.41) is 0. The van der Waals surface area contributed by atoms with E-state index in [0.717, 1.165) is 38.6 Å². The summed E-state index contributed by atoms with van der Waals surface area (Å²) >= 11 is 0. The zero-order chi connectivity index (χ0) is 15.2. The molecule has 0 aromatic rings. The van der Waals surface area contributed by atoms with Crippen molar-refractivity contribution in [1.29, 1.82) is 0 Å². The summed E-state index contributed by atoms with van der Waals surface area (Å²) in [5.41, 5.74) is 1.22. The van der Waals surface area contributed by atoms with Gasteiger partial charge in [0.05, 0.1) is 0 Å². The zero-order valence-corrected chi connectivity index (χ0v) is 13.9. The SMILES string of the molecule is CCC=CCCC=C(C)CN(C(=O)C1CC1)C(C)(C)C. The first-order chi connectivity index (χ1) is 9.36. The summed E-state index contributed by atoms with van der Waals surface area (Å²) in [7, 11) is 0. The van der Waals surface area contributed by atoms with Crippen LogP contribution in [0.4, 0.5) is 0 Å². The van der Waals surface area contributed by atoms with Gasteiger partial charge in [0, 0.05) is 18.0 Å². The minimum Gasteiger partial charge on any atom is -0.334 e. The molecule has 1 aliphatic rings. The molecule has 0 aromatic carbocycles. The number of nitrogens with zero attached hydrogens (tertiary/aromatic N) is 1. The molecule has 0 radical (unpaired) electrons. The second kappa shape index (κ2) is 7.66. The van der Waals surface area contributed by atoms with E-state index in [-0.39, 0.29) is 5.54 Å². The Morgan fingerprint density at radius 2 is 1.85 bits per heavy atom. The number of amides is 1. The van der Waals surface area contributed by atoms with E-state index in [2.05, 4.69) is 57.7 Å². The molecule has 1 aliphatic carbocycles. The largest absolute Gasteiger partial charge is 0.334 e. The third-order valence-electron chi connectivity index (χ3n) is 3.64. The van der Waals surface area contributed by atoms with Gasteiger partial charge in [-0.15, -0.1) is 0 Å². The van der Waals surface area contributed by atoms with Crippen LogP contribution in [0.25, 0.3) is 0 Å². The molecule has 0 heterocycles. The molecule has 20 heavy (non-hydrogen) atoms. The van der Waals surface area contributed by atoms with Gasteiger partial charge in [-0.3, -0.25) is 4.79 Å². The number of allylic oxidation sites excluding steroid dienone is 3. The van der Waals surface area contributed by atoms with Crippen molar-refractivity contribution in [2.24, 2.45) is 5.92 Å². The number of unbranched alkanes of at least 4 members (excludes halogenated alkanes) is 1. The normalized spacial score (nSPS) is 16.8. The van der Waals surface area contributed by atoms with Crippen molar-refractivity contribution in [3.63, 3.8) is 0 Å². The Hall–Kier alpha value is -1.05. The van der Waals surface area contributed by atoms with Crippen molar-refractivity contribution in [3.05, 3.63) is 23.8 Å². The lowest BCUT2D eigenvalue weighted by Crippen LogP contribution is -2.47. The van der Waals surface area contributed by atoms with Crippen molar-refractivity contribution < 1.29 is 4.79 Å². The van der Waals surface area contributed by atoms with Crippen LogP contribution in [0.15, 0.2) is 23.8 Å². The molecule has 114 valence electrons. The van der Waals surface area contributed by atoms with Gasteiger partial charge in [0.15, 0.2) is 0 Å². The van der Waals surface area contributed by atoms with Crippen LogP contribution in [0, 0.1) is 5.92 Å². The van der Waals surface area contributed by atoms with Gasteiger partial charge in [0.2, 0.25) is 5.91 Å². The highest BCUT2D eigenvalue weighted by molar-refractivity contribution is 5.82. The highest BCUT2D eigenvalue weighted by Crippen LogP contribution is 2.33. The first-order valence-electron chi connectivity index (χ1n) is 7.98. The third kappa shape index (κ3) is 5.94. The van der Waals surface area contributed by atoms with E-state index in [1.54, 1.807) is 0 Å². The number of carbonyl (C=O) groups excluding carboxylic acids is 1. The van der Waals surface area contributed by atoms with Crippen LogP contribution in [0.2, 0.25) is 0 Å². The highest BCUT2D eigenvalue weighted by Gasteiger charge is 2.37. The predicted octanol–water partition coefficient (Wildman–Crippen LogP) is 4.72. The summed E-state index contributed by atoms with van der Waals surface area (Å²) in [6, 6.07) is 0. The molecule has 1 rings (SSSR count). The summed E-state index contributed by atoms with van der Waals surface area (Å²) in [5.74, 6) is 0.644. The molecule has 1 saturated carbocycles. The van der Waals surface area contributed by atoms with Gasteiger partial charge in [-0.2, -0.15) is 0 Å². The molecule has 0 spiro atoms. The molecule has 0 bridgehead atoms. The van der Waals surface area contributed by atoms with Gasteiger partial charge < -0.3 is 4.90 Å². The van der Waals surface area contributed by atoms with E-state index in [1.807, 2.05) is 0 Å². The van der Waals surface area contributed by atoms with E-state index in [1.165, 1.54) is 5.57 Å². The third-order valence-corrected chi connectivity index (χ3v) is 3.64. The lowest BCUT2D eigenvalue weighted by Gasteiger charge is -2.36. The number of hydrogen-bond acceptors (Lipinski definition) is 1. The van der Waals surface area contributed by atoms with Crippen LogP contribution >= 0.6 is 0 Å². The molecule has 0 aromatic heterocycles. The summed E-state index contributed by atoms with van der Waals surface area (Å²) < 4.78 is 0. The van der Waals surface area contributed by atoms with Gasteiger partial charge in [-0.25, -0.2) is 0 Å². The van der Waals surface area contributed by atoms with Gasteiger partial charge in [-0.05, 0) is 59.8 Å². The smallest absolute Gasteiger partial charge is 0.226 e. The second-order valence-corrected chi connectivity index (χ2v) is 6.88. The Morgan fingerprint density at radius 3 is 2.35 bits per heavy atom. The molecule has 0 aliphatic heterocycles. The van der Waals surface area contributed by atoms with Crippen LogP contribution in [0.3, 0.4) is 0 Å². The number of rotatable bonds is 7. The molecule has 2 nitrogen and oxygen atoms in total. The Balaban J connectivity index is 2.53. The fourth-order valence-corrected chi connectivity index (χ4v) is 2.22. The molecule has 0 unspecified atom stereocenters. The van der Waals surface area contributed by atoms with Gasteiger partial charge in [0.25, 0.3) is 0 Å². The quantitative estimate of drug-likeness (QED) is 0.487. The van der Waals surface area contributed by atoms with Crippen molar-refractivity contribution in [2.75, 3.05) is 6.54 Å². The van der Waals surface area contributed by atoms with Crippen LogP contribution in [-0.4, -0.2) is 22.9 Å². The van der Waals surface area contributed by atoms with Crippen molar-refractivity contribution in [3.8, 4) is 0 Å². The standard InChI is InChI=1S/C18H31NO/c1-6-7-8-9-10-11-15(2)14-19(18(3,4)5)17(20)16-12-13-16/h7-8,11,16H,6,9-10,12-14H2,1-5H3. The maximum atomic E-state index is 12.4. The van der Waals surface area contributed by atoms with E-state index in [9.17, 15) is 4.79 Å². The van der Waals surface area contributed by atoms with E-state index < -0.39 is 0 Å². The van der Waals surface area contributed by atoms with E-state index >= 15 is 0 Å². The average Bonchev–Trinajstić information content (AvgIpc) is 3.17. The monoisotopic (exact) mass is 277 g/mol. The van der Waals surface area contributed by atoms with Crippen molar-refractivity contribution in [2.45, 2.75) is 72.3 Å². The highest BCUT2D eigenvalue weighted by atomic mass is 16.2. The van der Waals surface area contributed by atoms with E-state index in [0.29, 0.717) is 11.8 Å². The zero-order valence-electron chi connectivity index (χ0n) is 13.9. The number of hydrogen-bond donors (Lipinski definition) is 0. The Kier molecular flexibility index (Phi) is 6.51. The second-order valence-electron chi connectivity index (χ2n) is 6.88. The summed E-state index contributed by atoms with van der Waals surface area (Å²) in [6.45, 7) is 11.5. The lowest BCUT2D eigenvalue weighted by molar-refractivity contribution is -0.136. The van der Waals surface area contributed by atoms with Gasteiger partial charge in [-0.1, -0.05) is 30.7 Å². The maximum absolute atomic E-state index is 12.4. The Labute approximate surface area is 124 Å². The molecular weight excluding hydrogens is 246 g/mol. The van der Waals surface area contributed by atoms with E-state index in [4.69, 9.17) is 0 Å². The first-order valence-corrected chi connectivity index (χ1v) is 7.98. The van der Waals surface area contributed by atoms with Crippen LogP contribution < -0.4 is 0 Å². The summed E-state index contributed by atoms with van der Waals surface area (Å²) in [6.07, 6.45) is 12.2. The van der Waals surface area contributed by atoms with Gasteiger partial charge >= 0.3 is 0 Å². The lowest BCUT2D eigenvalue weighted by atomic mass is 10.0. The molecule has 0 N–H and O–H groups in total. The van der Waals surface area contributed by atoms with Crippen LogP contribution in [0.5, 0.6) is 0 Å². The number of carbonyl (C=O) groups is 1. The van der Waals surface area contributed by atoms with Crippen LogP contribution in [0.1, 0.15) is 66.7 Å². The van der Waals surface area contributed by atoms with Crippen molar-refractivity contribution >= 4 is 5.91 Å². The Morgan fingerprint density at radius 1 is 1.20 bits per heavy atom. The maximum Gasteiger partial charge on any atom is 0.226 e. The predicted molar refractivity (Wildman–Crippen MR) is 86.6 cm³/mol. The first kappa shape index (κ1) is 17.0. The van der Waals surface area contributed by atoms with Gasteiger partial charge in [0.1, 0.15) is 0 Å². The molecule has 1 amide bonds. The fourth-order valence-electron chi connectivity index (χ4n) is 2.22. The molecule has 0 atom stereocenters.